The van der Waals surface area contributed by atoms with E-state index in [0.29, 0.717) is 18.0 Å². The van der Waals surface area contributed by atoms with Crippen molar-refractivity contribution < 1.29 is 17.9 Å². The molecule has 0 amide bonds. The van der Waals surface area contributed by atoms with Crippen LogP contribution < -0.4 is 10.1 Å². The molecule has 0 spiro atoms. The van der Waals surface area contributed by atoms with Crippen LogP contribution >= 0.6 is 11.6 Å². The van der Waals surface area contributed by atoms with Gasteiger partial charge in [-0.05, 0) is 12.5 Å². The molecule has 1 aromatic carbocycles. The molecule has 1 atom stereocenters. The molecule has 0 aliphatic carbocycles. The molecule has 0 saturated carbocycles. The van der Waals surface area contributed by atoms with Crippen LogP contribution in [0.1, 0.15) is 18.9 Å². The fourth-order valence-electron chi connectivity index (χ4n) is 1.68. The fourth-order valence-corrected chi connectivity index (χ4v) is 1.94. The van der Waals surface area contributed by atoms with Gasteiger partial charge in [0.25, 0.3) is 0 Å². The average Bonchev–Trinajstić information content (AvgIpc) is 2.25. The van der Waals surface area contributed by atoms with E-state index in [4.69, 9.17) is 16.3 Å². The molecule has 1 aromatic rings. The van der Waals surface area contributed by atoms with Crippen LogP contribution in [0.4, 0.5) is 18.9 Å². The summed E-state index contributed by atoms with van der Waals surface area (Å²) >= 11 is 5.61. The smallest absolute Gasteiger partial charge is 0.417 e. The van der Waals surface area contributed by atoms with Gasteiger partial charge < -0.3 is 10.1 Å². The molecule has 1 aliphatic heterocycles. The number of ether oxygens (including phenoxy) is 1. The molecular formula is C11H11ClF3NO. The van der Waals surface area contributed by atoms with Crippen LogP contribution in [0.3, 0.4) is 0 Å². The van der Waals surface area contributed by atoms with Gasteiger partial charge in [0.15, 0.2) is 0 Å². The fraction of sp³-hybridized carbons (Fsp3) is 0.455. The second kappa shape index (κ2) is 4.29. The van der Waals surface area contributed by atoms with Crippen molar-refractivity contribution in [3.05, 3.63) is 22.7 Å². The summed E-state index contributed by atoms with van der Waals surface area (Å²) in [4.78, 5) is 0. The first kappa shape index (κ1) is 12.4. The molecule has 2 nitrogen and oxygen atoms in total. The minimum absolute atomic E-state index is 0.0321. The van der Waals surface area contributed by atoms with Crippen molar-refractivity contribution in [3.63, 3.8) is 0 Å². The van der Waals surface area contributed by atoms with Crippen molar-refractivity contribution in [1.82, 2.24) is 0 Å². The lowest BCUT2D eigenvalue weighted by Gasteiger charge is -2.27. The Balaban J connectivity index is 2.39. The van der Waals surface area contributed by atoms with E-state index in [2.05, 4.69) is 5.32 Å². The molecule has 1 N–H and O–H groups in total. The minimum Gasteiger partial charge on any atom is -0.486 e. The predicted molar refractivity (Wildman–Crippen MR) is 59.7 cm³/mol. The lowest BCUT2D eigenvalue weighted by molar-refractivity contribution is -0.137. The normalized spacial score (nSPS) is 19.2. The Bertz CT molecular complexity index is 433. The summed E-state index contributed by atoms with van der Waals surface area (Å²) in [5.41, 5.74) is -0.504. The van der Waals surface area contributed by atoms with E-state index >= 15 is 0 Å². The Kier molecular flexibility index (Phi) is 3.12. The summed E-state index contributed by atoms with van der Waals surface area (Å²) in [6, 6.07) is 2.21. The number of halogens is 4. The van der Waals surface area contributed by atoms with Crippen molar-refractivity contribution in [2.24, 2.45) is 0 Å². The molecule has 6 heteroatoms. The lowest BCUT2D eigenvalue weighted by atomic mass is 10.1. The van der Waals surface area contributed by atoms with E-state index in [0.717, 1.165) is 12.5 Å². The first-order valence-corrected chi connectivity index (χ1v) is 5.61. The Morgan fingerprint density at radius 1 is 1.47 bits per heavy atom. The Hall–Kier alpha value is -1.10. The number of anilines is 1. The topological polar surface area (TPSA) is 21.3 Å². The third-order valence-corrected chi connectivity index (χ3v) is 2.96. The molecule has 0 saturated heterocycles. The van der Waals surface area contributed by atoms with E-state index in [1.807, 2.05) is 6.92 Å². The zero-order valence-electron chi connectivity index (χ0n) is 9.07. The monoisotopic (exact) mass is 265 g/mol. The summed E-state index contributed by atoms with van der Waals surface area (Å²) in [6.45, 7) is 2.45. The SMILES string of the molecule is CCC1CNc2cc(C(F)(F)F)c(Cl)cc2O1. The maximum Gasteiger partial charge on any atom is 0.417 e. The molecule has 1 heterocycles. The average molecular weight is 266 g/mol. The second-order valence-electron chi connectivity index (χ2n) is 3.85. The van der Waals surface area contributed by atoms with Crippen molar-refractivity contribution in [2.75, 3.05) is 11.9 Å². The summed E-state index contributed by atoms with van der Waals surface area (Å²) in [7, 11) is 0. The Morgan fingerprint density at radius 3 is 2.76 bits per heavy atom. The van der Waals surface area contributed by atoms with Crippen LogP contribution in [0.25, 0.3) is 0 Å². The third kappa shape index (κ3) is 2.44. The summed E-state index contributed by atoms with van der Waals surface area (Å²) in [5, 5.41) is 2.58. The molecular weight excluding hydrogens is 255 g/mol. The van der Waals surface area contributed by atoms with Crippen LogP contribution in [0.5, 0.6) is 5.75 Å². The van der Waals surface area contributed by atoms with E-state index < -0.39 is 11.7 Å². The molecule has 0 radical (unpaired) electrons. The van der Waals surface area contributed by atoms with Gasteiger partial charge in [-0.15, -0.1) is 0 Å². The number of nitrogens with one attached hydrogen (secondary N) is 1. The van der Waals surface area contributed by atoms with Gasteiger partial charge in [0, 0.05) is 6.07 Å². The molecule has 94 valence electrons. The highest BCUT2D eigenvalue weighted by atomic mass is 35.5. The van der Waals surface area contributed by atoms with Crippen LogP contribution in [0, 0.1) is 0 Å². The minimum atomic E-state index is -4.45. The molecule has 1 unspecified atom stereocenters. The van der Waals surface area contributed by atoms with Gasteiger partial charge in [0.05, 0.1) is 22.8 Å². The summed E-state index contributed by atoms with van der Waals surface area (Å²) < 4.78 is 43.3. The number of alkyl halides is 3. The number of hydrogen-bond donors (Lipinski definition) is 1. The Morgan fingerprint density at radius 2 is 2.18 bits per heavy atom. The van der Waals surface area contributed by atoms with Gasteiger partial charge >= 0.3 is 6.18 Å². The van der Waals surface area contributed by atoms with Crippen LogP contribution in [-0.4, -0.2) is 12.6 Å². The number of rotatable bonds is 1. The van der Waals surface area contributed by atoms with Gasteiger partial charge in [0.2, 0.25) is 0 Å². The van der Waals surface area contributed by atoms with Crippen molar-refractivity contribution in [3.8, 4) is 5.75 Å². The van der Waals surface area contributed by atoms with E-state index in [9.17, 15) is 13.2 Å². The summed E-state index contributed by atoms with van der Waals surface area (Å²) in [5.74, 6) is 0.376. The number of hydrogen-bond acceptors (Lipinski definition) is 2. The zero-order chi connectivity index (χ0) is 12.6. The summed E-state index contributed by atoms with van der Waals surface area (Å²) in [6.07, 6.45) is -3.70. The van der Waals surface area contributed by atoms with Gasteiger partial charge in [0.1, 0.15) is 11.9 Å². The van der Waals surface area contributed by atoms with E-state index in [1.54, 1.807) is 0 Å². The molecule has 0 fully saturated rings. The predicted octanol–water partition coefficient (Wildman–Crippen LogP) is 3.94. The molecule has 0 bridgehead atoms. The zero-order valence-corrected chi connectivity index (χ0v) is 9.82. The molecule has 0 aromatic heterocycles. The Labute approximate surface area is 102 Å². The third-order valence-electron chi connectivity index (χ3n) is 2.64. The highest BCUT2D eigenvalue weighted by molar-refractivity contribution is 6.31. The van der Waals surface area contributed by atoms with Crippen molar-refractivity contribution in [2.45, 2.75) is 25.6 Å². The van der Waals surface area contributed by atoms with E-state index in [-0.39, 0.29) is 11.1 Å². The first-order chi connectivity index (χ1) is 7.91. The van der Waals surface area contributed by atoms with Gasteiger partial charge in [-0.3, -0.25) is 0 Å². The quantitative estimate of drug-likeness (QED) is 0.830. The maximum atomic E-state index is 12.6. The standard InChI is InChI=1S/C11H11ClF3NO/c1-2-6-5-16-9-3-7(11(13,14)15)8(12)4-10(9)17-6/h3-4,6,16H,2,5H2,1H3. The van der Waals surface area contributed by atoms with E-state index in [1.165, 1.54) is 6.07 Å². The van der Waals surface area contributed by atoms with Crippen LogP contribution in [-0.2, 0) is 6.18 Å². The van der Waals surface area contributed by atoms with Crippen molar-refractivity contribution in [1.29, 1.82) is 0 Å². The molecule has 2 rings (SSSR count). The van der Waals surface area contributed by atoms with Gasteiger partial charge in [-0.25, -0.2) is 0 Å². The first-order valence-electron chi connectivity index (χ1n) is 5.23. The lowest BCUT2D eigenvalue weighted by Crippen LogP contribution is -2.30. The highest BCUT2D eigenvalue weighted by Crippen LogP contribution is 2.41. The second-order valence-corrected chi connectivity index (χ2v) is 4.26. The van der Waals surface area contributed by atoms with Crippen LogP contribution in [0.15, 0.2) is 12.1 Å². The van der Waals surface area contributed by atoms with Crippen LogP contribution in [0.2, 0.25) is 5.02 Å². The maximum absolute atomic E-state index is 12.6. The largest absolute Gasteiger partial charge is 0.486 e. The van der Waals surface area contributed by atoms with Gasteiger partial charge in [-0.2, -0.15) is 13.2 Å². The number of fused-ring (bicyclic) bond motifs is 1. The highest BCUT2D eigenvalue weighted by Gasteiger charge is 2.35. The van der Waals surface area contributed by atoms with Crippen molar-refractivity contribution >= 4 is 17.3 Å². The number of benzene rings is 1. The molecule has 1 aliphatic rings. The molecule has 17 heavy (non-hydrogen) atoms. The van der Waals surface area contributed by atoms with Gasteiger partial charge in [-0.1, -0.05) is 18.5 Å².